The Morgan fingerprint density at radius 3 is 2.58 bits per heavy atom. The summed E-state index contributed by atoms with van der Waals surface area (Å²) in [5.41, 5.74) is 0.873. The molecule has 0 N–H and O–H groups in total. The van der Waals surface area contributed by atoms with Crippen LogP contribution in [0, 0.1) is 6.92 Å². The van der Waals surface area contributed by atoms with E-state index in [0.29, 0.717) is 16.8 Å². The van der Waals surface area contributed by atoms with E-state index in [9.17, 15) is 0 Å². The van der Waals surface area contributed by atoms with Crippen molar-refractivity contribution in [2.75, 3.05) is 18.0 Å². The lowest BCUT2D eigenvalue weighted by Gasteiger charge is -2.19. The van der Waals surface area contributed by atoms with Crippen LogP contribution in [0.3, 0.4) is 0 Å². The standard InChI is InChI=1S/C17H19ClN6OS/c1-11(15-20-19-12(2)25-15)26-17-22-21-16(23-9-5-6-10-23)24(17)14-8-4-3-7-13(14)18/h3-4,7-8,11H,5-6,9-10H2,1-2H3. The van der Waals surface area contributed by atoms with Crippen molar-refractivity contribution in [3.05, 3.63) is 41.1 Å². The van der Waals surface area contributed by atoms with E-state index in [0.717, 1.165) is 42.7 Å². The number of rotatable bonds is 5. The Hall–Kier alpha value is -2.06. The number of hydrogen-bond acceptors (Lipinski definition) is 7. The molecule has 3 aromatic rings. The molecule has 1 aliphatic heterocycles. The summed E-state index contributed by atoms with van der Waals surface area (Å²) >= 11 is 8.01. The maximum absolute atomic E-state index is 6.48. The lowest BCUT2D eigenvalue weighted by Crippen LogP contribution is -2.22. The Kier molecular flexibility index (Phi) is 4.86. The van der Waals surface area contributed by atoms with Crippen molar-refractivity contribution < 1.29 is 4.42 Å². The van der Waals surface area contributed by atoms with Crippen molar-refractivity contribution in [3.63, 3.8) is 0 Å². The number of benzene rings is 1. The highest BCUT2D eigenvalue weighted by Gasteiger charge is 2.25. The van der Waals surface area contributed by atoms with Crippen molar-refractivity contribution in [2.45, 2.75) is 37.1 Å². The van der Waals surface area contributed by atoms with Crippen LogP contribution in [-0.4, -0.2) is 38.1 Å². The molecule has 1 fully saturated rings. The molecule has 136 valence electrons. The van der Waals surface area contributed by atoms with Crippen LogP contribution < -0.4 is 4.90 Å². The van der Waals surface area contributed by atoms with Crippen molar-refractivity contribution in [1.29, 1.82) is 0 Å². The molecule has 1 atom stereocenters. The van der Waals surface area contributed by atoms with Gasteiger partial charge in [-0.05, 0) is 31.9 Å². The van der Waals surface area contributed by atoms with Crippen LogP contribution in [0.1, 0.15) is 36.8 Å². The van der Waals surface area contributed by atoms with Crippen LogP contribution in [-0.2, 0) is 0 Å². The minimum absolute atomic E-state index is 0.0481. The fraction of sp³-hybridized carbons (Fsp3) is 0.412. The van der Waals surface area contributed by atoms with E-state index < -0.39 is 0 Å². The van der Waals surface area contributed by atoms with E-state index in [4.69, 9.17) is 16.0 Å². The zero-order valence-corrected chi connectivity index (χ0v) is 16.2. The minimum Gasteiger partial charge on any atom is -0.424 e. The second kappa shape index (κ2) is 7.28. The summed E-state index contributed by atoms with van der Waals surface area (Å²) in [6, 6.07) is 7.75. The van der Waals surface area contributed by atoms with Gasteiger partial charge in [0, 0.05) is 20.0 Å². The highest BCUT2D eigenvalue weighted by Crippen LogP contribution is 2.38. The molecule has 3 heterocycles. The molecule has 1 saturated heterocycles. The molecule has 2 aromatic heterocycles. The van der Waals surface area contributed by atoms with Gasteiger partial charge in [-0.3, -0.25) is 4.57 Å². The lowest BCUT2D eigenvalue weighted by atomic mass is 10.3. The molecule has 0 radical (unpaired) electrons. The summed E-state index contributed by atoms with van der Waals surface area (Å²) in [6.45, 7) is 5.75. The number of nitrogens with zero attached hydrogens (tertiary/aromatic N) is 6. The SMILES string of the molecule is Cc1nnc(C(C)Sc2nnc(N3CCCC3)n2-c2ccccc2Cl)o1. The maximum Gasteiger partial charge on any atom is 0.232 e. The number of thioether (sulfide) groups is 1. The van der Waals surface area contributed by atoms with Crippen LogP contribution in [0.2, 0.25) is 5.02 Å². The molecule has 0 saturated carbocycles. The Labute approximate surface area is 160 Å². The normalized spacial score (nSPS) is 15.6. The van der Waals surface area contributed by atoms with Crippen LogP contribution in [0.5, 0.6) is 0 Å². The van der Waals surface area contributed by atoms with Gasteiger partial charge in [-0.25, -0.2) is 0 Å². The first kappa shape index (κ1) is 17.4. The van der Waals surface area contributed by atoms with E-state index in [1.807, 2.05) is 35.8 Å². The van der Waals surface area contributed by atoms with Gasteiger partial charge < -0.3 is 9.32 Å². The summed E-state index contributed by atoms with van der Waals surface area (Å²) in [6.07, 6.45) is 2.32. The second-order valence-electron chi connectivity index (χ2n) is 6.18. The minimum atomic E-state index is -0.0481. The molecular weight excluding hydrogens is 372 g/mol. The number of halogens is 1. The molecule has 7 nitrogen and oxygen atoms in total. The quantitative estimate of drug-likeness (QED) is 0.608. The zero-order valence-electron chi connectivity index (χ0n) is 14.6. The van der Waals surface area contributed by atoms with Crippen molar-refractivity contribution in [1.82, 2.24) is 25.0 Å². The maximum atomic E-state index is 6.48. The first-order chi connectivity index (χ1) is 12.6. The summed E-state index contributed by atoms with van der Waals surface area (Å²) < 4.78 is 7.58. The Bertz CT molecular complexity index is 904. The molecule has 0 aliphatic carbocycles. The summed E-state index contributed by atoms with van der Waals surface area (Å²) in [4.78, 5) is 2.25. The van der Waals surface area contributed by atoms with Crippen LogP contribution in [0.15, 0.2) is 33.8 Å². The van der Waals surface area contributed by atoms with E-state index in [1.165, 1.54) is 11.8 Å². The first-order valence-electron chi connectivity index (χ1n) is 8.55. The molecule has 0 amide bonds. The van der Waals surface area contributed by atoms with E-state index in [2.05, 4.69) is 25.3 Å². The monoisotopic (exact) mass is 390 g/mol. The Morgan fingerprint density at radius 2 is 1.88 bits per heavy atom. The Morgan fingerprint density at radius 1 is 1.12 bits per heavy atom. The van der Waals surface area contributed by atoms with Crippen molar-refractivity contribution >= 4 is 29.3 Å². The molecule has 4 rings (SSSR count). The second-order valence-corrected chi connectivity index (χ2v) is 7.90. The average molecular weight is 391 g/mol. The first-order valence-corrected chi connectivity index (χ1v) is 9.81. The fourth-order valence-corrected chi connectivity index (χ4v) is 4.09. The van der Waals surface area contributed by atoms with E-state index in [-0.39, 0.29) is 5.25 Å². The third-order valence-corrected chi connectivity index (χ3v) is 5.62. The largest absolute Gasteiger partial charge is 0.424 e. The van der Waals surface area contributed by atoms with Crippen LogP contribution >= 0.6 is 23.4 Å². The average Bonchev–Trinajstić information content (AvgIpc) is 3.36. The smallest absolute Gasteiger partial charge is 0.232 e. The number of hydrogen-bond donors (Lipinski definition) is 0. The molecule has 26 heavy (non-hydrogen) atoms. The number of para-hydroxylation sites is 1. The lowest BCUT2D eigenvalue weighted by molar-refractivity contribution is 0.470. The highest BCUT2D eigenvalue weighted by atomic mass is 35.5. The number of aromatic nitrogens is 5. The summed E-state index contributed by atoms with van der Waals surface area (Å²) in [5, 5.41) is 18.3. The van der Waals surface area contributed by atoms with Crippen molar-refractivity contribution in [2.24, 2.45) is 0 Å². The molecule has 1 aliphatic rings. The van der Waals surface area contributed by atoms with E-state index in [1.54, 1.807) is 6.92 Å². The predicted molar refractivity (Wildman–Crippen MR) is 101 cm³/mol. The van der Waals surface area contributed by atoms with Gasteiger partial charge in [-0.1, -0.05) is 35.5 Å². The van der Waals surface area contributed by atoms with Crippen LogP contribution in [0.4, 0.5) is 5.95 Å². The van der Waals surface area contributed by atoms with Gasteiger partial charge in [0.1, 0.15) is 0 Å². The van der Waals surface area contributed by atoms with Gasteiger partial charge in [0.2, 0.25) is 17.7 Å². The Balaban J connectivity index is 1.73. The molecule has 0 bridgehead atoms. The third kappa shape index (κ3) is 3.31. The topological polar surface area (TPSA) is 72.9 Å². The van der Waals surface area contributed by atoms with Gasteiger partial charge in [-0.15, -0.1) is 20.4 Å². The molecular formula is C17H19ClN6OS. The summed E-state index contributed by atoms with van der Waals surface area (Å²) in [5.74, 6) is 1.95. The molecule has 1 unspecified atom stereocenters. The third-order valence-electron chi connectivity index (χ3n) is 4.27. The summed E-state index contributed by atoms with van der Waals surface area (Å²) in [7, 11) is 0. The molecule has 1 aromatic carbocycles. The molecule has 0 spiro atoms. The van der Waals surface area contributed by atoms with Gasteiger partial charge in [-0.2, -0.15) is 0 Å². The van der Waals surface area contributed by atoms with Crippen molar-refractivity contribution in [3.8, 4) is 5.69 Å². The molecule has 9 heteroatoms. The van der Waals surface area contributed by atoms with Crippen LogP contribution in [0.25, 0.3) is 5.69 Å². The zero-order chi connectivity index (χ0) is 18.1. The number of aryl methyl sites for hydroxylation is 1. The fourth-order valence-electron chi connectivity index (χ4n) is 2.99. The predicted octanol–water partition coefficient (Wildman–Crippen LogP) is 4.07. The highest BCUT2D eigenvalue weighted by molar-refractivity contribution is 7.99. The van der Waals surface area contributed by atoms with Gasteiger partial charge in [0.25, 0.3) is 0 Å². The number of anilines is 1. The van der Waals surface area contributed by atoms with Gasteiger partial charge in [0.15, 0.2) is 5.16 Å². The van der Waals surface area contributed by atoms with Gasteiger partial charge >= 0.3 is 0 Å². The van der Waals surface area contributed by atoms with Gasteiger partial charge in [0.05, 0.1) is 16.0 Å². The van der Waals surface area contributed by atoms with E-state index >= 15 is 0 Å².